The van der Waals surface area contributed by atoms with Gasteiger partial charge >= 0.3 is 12.1 Å². The summed E-state index contributed by atoms with van der Waals surface area (Å²) in [7, 11) is 1.45. The van der Waals surface area contributed by atoms with E-state index < -0.39 is 42.0 Å². The molecule has 0 saturated carbocycles. The summed E-state index contributed by atoms with van der Waals surface area (Å²) in [5.41, 5.74) is 0.831. The molecular weight excluding hydrogens is 378 g/mol. The van der Waals surface area contributed by atoms with Crippen molar-refractivity contribution in [2.75, 3.05) is 13.6 Å². The lowest BCUT2D eigenvalue weighted by Gasteiger charge is -2.30. The molecule has 1 aromatic carbocycles. The largest absolute Gasteiger partial charge is 0.465 e. The van der Waals surface area contributed by atoms with Crippen LogP contribution in [0.1, 0.15) is 32.3 Å². The molecule has 0 radical (unpaired) electrons. The van der Waals surface area contributed by atoms with Crippen LogP contribution in [0.15, 0.2) is 30.3 Å². The highest BCUT2D eigenvalue weighted by molar-refractivity contribution is 5.92. The molecule has 0 spiro atoms. The Balaban J connectivity index is 1.87. The van der Waals surface area contributed by atoms with Gasteiger partial charge in [0.25, 0.3) is 0 Å². The van der Waals surface area contributed by atoms with Crippen molar-refractivity contribution >= 4 is 23.9 Å². The van der Waals surface area contributed by atoms with Gasteiger partial charge in [0, 0.05) is 13.6 Å². The van der Waals surface area contributed by atoms with Gasteiger partial charge in [-0.25, -0.2) is 9.59 Å². The smallest absolute Gasteiger partial charge is 0.407 e. The SMILES string of the molecule is C[C@H](NC(=O)[C@H](C)N(C)C(=O)[C@@H]1CCCN1C(=O)O)C(=O)OCc1ccccc1. The normalized spacial score (nSPS) is 17.9. The number of nitrogens with one attached hydrogen (secondary N) is 1. The second-order valence-electron chi connectivity index (χ2n) is 7.08. The summed E-state index contributed by atoms with van der Waals surface area (Å²) < 4.78 is 5.19. The Morgan fingerprint density at radius 2 is 1.90 bits per heavy atom. The highest BCUT2D eigenvalue weighted by Gasteiger charge is 2.38. The molecule has 0 aliphatic carbocycles. The predicted molar refractivity (Wildman–Crippen MR) is 104 cm³/mol. The van der Waals surface area contributed by atoms with Crippen LogP contribution in [0, 0.1) is 0 Å². The number of nitrogens with zero attached hydrogens (tertiary/aromatic N) is 2. The summed E-state index contributed by atoms with van der Waals surface area (Å²) in [6.45, 7) is 3.42. The third kappa shape index (κ3) is 5.69. The van der Waals surface area contributed by atoms with E-state index in [9.17, 15) is 24.3 Å². The Morgan fingerprint density at radius 3 is 2.52 bits per heavy atom. The van der Waals surface area contributed by atoms with E-state index in [1.54, 1.807) is 0 Å². The Labute approximate surface area is 169 Å². The quantitative estimate of drug-likeness (QED) is 0.659. The highest BCUT2D eigenvalue weighted by Crippen LogP contribution is 2.20. The first-order chi connectivity index (χ1) is 13.7. The minimum absolute atomic E-state index is 0.0977. The van der Waals surface area contributed by atoms with E-state index in [0.29, 0.717) is 19.4 Å². The van der Waals surface area contributed by atoms with E-state index in [1.165, 1.54) is 25.8 Å². The molecule has 158 valence electrons. The first-order valence-electron chi connectivity index (χ1n) is 9.49. The average molecular weight is 405 g/mol. The van der Waals surface area contributed by atoms with Gasteiger partial charge < -0.3 is 20.1 Å². The van der Waals surface area contributed by atoms with Gasteiger partial charge in [-0.15, -0.1) is 0 Å². The average Bonchev–Trinajstić information content (AvgIpc) is 3.21. The number of carboxylic acid groups (broad SMARTS) is 1. The van der Waals surface area contributed by atoms with Crippen LogP contribution >= 0.6 is 0 Å². The van der Waals surface area contributed by atoms with Crippen molar-refractivity contribution in [3.05, 3.63) is 35.9 Å². The minimum Gasteiger partial charge on any atom is -0.465 e. The Morgan fingerprint density at radius 1 is 1.24 bits per heavy atom. The molecule has 0 unspecified atom stereocenters. The molecule has 1 aliphatic rings. The van der Waals surface area contributed by atoms with E-state index in [-0.39, 0.29) is 6.61 Å². The van der Waals surface area contributed by atoms with Gasteiger partial charge in [-0.05, 0) is 32.3 Å². The molecule has 1 saturated heterocycles. The number of likely N-dealkylation sites (tertiary alicyclic amines) is 1. The molecule has 9 heteroatoms. The molecule has 29 heavy (non-hydrogen) atoms. The Kier molecular flexibility index (Phi) is 7.58. The lowest BCUT2D eigenvalue weighted by Crippen LogP contribution is -2.54. The molecule has 1 aromatic rings. The van der Waals surface area contributed by atoms with Crippen molar-refractivity contribution in [1.29, 1.82) is 0 Å². The third-order valence-electron chi connectivity index (χ3n) is 5.03. The molecule has 3 amide bonds. The lowest BCUT2D eigenvalue weighted by molar-refractivity contribution is -0.149. The minimum atomic E-state index is -1.15. The van der Waals surface area contributed by atoms with Gasteiger partial charge in [0.1, 0.15) is 24.7 Å². The number of ether oxygens (including phenoxy) is 1. The fraction of sp³-hybridized carbons (Fsp3) is 0.500. The number of likely N-dealkylation sites (N-methyl/N-ethyl adjacent to an activating group) is 1. The topological polar surface area (TPSA) is 116 Å². The highest BCUT2D eigenvalue weighted by atomic mass is 16.5. The maximum atomic E-state index is 12.6. The van der Waals surface area contributed by atoms with Crippen molar-refractivity contribution in [1.82, 2.24) is 15.1 Å². The summed E-state index contributed by atoms with van der Waals surface area (Å²) in [6.07, 6.45) is -0.130. The van der Waals surface area contributed by atoms with Gasteiger partial charge in [0.15, 0.2) is 0 Å². The summed E-state index contributed by atoms with van der Waals surface area (Å²) in [6, 6.07) is 6.61. The molecule has 1 fully saturated rings. The van der Waals surface area contributed by atoms with E-state index in [1.807, 2.05) is 30.3 Å². The number of amides is 3. The fourth-order valence-corrected chi connectivity index (χ4v) is 3.10. The van der Waals surface area contributed by atoms with Crippen LogP contribution < -0.4 is 5.32 Å². The number of esters is 1. The molecule has 2 N–H and O–H groups in total. The third-order valence-corrected chi connectivity index (χ3v) is 5.03. The lowest BCUT2D eigenvalue weighted by atomic mass is 10.1. The van der Waals surface area contributed by atoms with Crippen molar-refractivity contribution in [3.8, 4) is 0 Å². The van der Waals surface area contributed by atoms with Crippen LogP contribution in [-0.2, 0) is 25.7 Å². The zero-order valence-corrected chi connectivity index (χ0v) is 16.8. The number of hydrogen-bond donors (Lipinski definition) is 2. The van der Waals surface area contributed by atoms with Crippen molar-refractivity contribution in [2.24, 2.45) is 0 Å². The monoisotopic (exact) mass is 405 g/mol. The maximum absolute atomic E-state index is 12.6. The van der Waals surface area contributed by atoms with Crippen molar-refractivity contribution < 1.29 is 29.0 Å². The molecule has 0 aromatic heterocycles. The number of benzene rings is 1. The second kappa shape index (κ2) is 9.90. The van der Waals surface area contributed by atoms with E-state index >= 15 is 0 Å². The van der Waals surface area contributed by atoms with Gasteiger partial charge in [-0.1, -0.05) is 30.3 Å². The van der Waals surface area contributed by atoms with Crippen molar-refractivity contribution in [3.63, 3.8) is 0 Å². The molecule has 0 bridgehead atoms. The molecular formula is C20H27N3O6. The first kappa shape index (κ1) is 22.2. The Hall–Kier alpha value is -3.10. The number of carbonyl (C=O) groups excluding carboxylic acids is 3. The van der Waals surface area contributed by atoms with E-state index in [2.05, 4.69) is 5.32 Å². The van der Waals surface area contributed by atoms with Gasteiger partial charge in [0.05, 0.1) is 0 Å². The molecule has 2 rings (SSSR count). The summed E-state index contributed by atoms with van der Waals surface area (Å²) in [4.78, 5) is 50.8. The summed E-state index contributed by atoms with van der Waals surface area (Å²) >= 11 is 0. The Bertz CT molecular complexity index is 754. The number of carbonyl (C=O) groups is 4. The molecule has 3 atom stereocenters. The number of rotatable bonds is 7. The van der Waals surface area contributed by atoms with Crippen LogP contribution in [0.2, 0.25) is 0 Å². The summed E-state index contributed by atoms with van der Waals surface area (Å²) in [5, 5.41) is 11.7. The first-order valence-corrected chi connectivity index (χ1v) is 9.49. The second-order valence-corrected chi connectivity index (χ2v) is 7.08. The van der Waals surface area contributed by atoms with Gasteiger partial charge in [0.2, 0.25) is 11.8 Å². The van der Waals surface area contributed by atoms with Gasteiger partial charge in [-0.2, -0.15) is 0 Å². The van der Waals surface area contributed by atoms with E-state index in [4.69, 9.17) is 4.74 Å². The molecule has 9 nitrogen and oxygen atoms in total. The molecule has 1 heterocycles. The standard InChI is InChI=1S/C20H27N3O6/c1-13(19(26)29-12-15-8-5-4-6-9-15)21-17(24)14(2)22(3)18(25)16-10-7-11-23(16)20(27)28/h4-6,8-9,13-14,16H,7,10-12H2,1-3H3,(H,21,24)(H,27,28)/t13-,14-,16-/m0/s1. The maximum Gasteiger partial charge on any atom is 0.407 e. The van der Waals surface area contributed by atoms with Crippen molar-refractivity contribution in [2.45, 2.75) is 51.4 Å². The fourth-order valence-electron chi connectivity index (χ4n) is 3.10. The zero-order valence-electron chi connectivity index (χ0n) is 16.8. The van der Waals surface area contributed by atoms with Crippen LogP contribution in [-0.4, -0.2) is 70.5 Å². The van der Waals surface area contributed by atoms with Crippen LogP contribution in [0.3, 0.4) is 0 Å². The van der Waals surface area contributed by atoms with Gasteiger partial charge in [-0.3, -0.25) is 14.5 Å². The van der Waals surface area contributed by atoms with Crippen LogP contribution in [0.5, 0.6) is 0 Å². The van der Waals surface area contributed by atoms with E-state index in [0.717, 1.165) is 10.5 Å². The van der Waals surface area contributed by atoms with Crippen LogP contribution in [0.25, 0.3) is 0 Å². The zero-order chi connectivity index (χ0) is 21.6. The predicted octanol–water partition coefficient (Wildman–Crippen LogP) is 1.22. The van der Waals surface area contributed by atoms with Crippen LogP contribution in [0.4, 0.5) is 4.79 Å². The molecule has 1 aliphatic heterocycles. The number of hydrogen-bond acceptors (Lipinski definition) is 5. The summed E-state index contributed by atoms with van der Waals surface area (Å²) in [5.74, 6) is -1.55.